The number of nitrogens with one attached hydrogen (secondary N) is 1. The van der Waals surface area contributed by atoms with E-state index < -0.39 is 11.6 Å². The molecule has 0 radical (unpaired) electrons. The summed E-state index contributed by atoms with van der Waals surface area (Å²) in [4.78, 5) is 7.14. The normalized spacial score (nSPS) is 11.1. The van der Waals surface area contributed by atoms with E-state index in [0.29, 0.717) is 11.1 Å². The highest BCUT2D eigenvalue weighted by molar-refractivity contribution is 5.79. The number of para-hydroxylation sites is 2. The van der Waals surface area contributed by atoms with Gasteiger partial charge in [0.2, 0.25) is 0 Å². The summed E-state index contributed by atoms with van der Waals surface area (Å²) in [7, 11) is 0. The van der Waals surface area contributed by atoms with Gasteiger partial charge in [0, 0.05) is 0 Å². The van der Waals surface area contributed by atoms with Crippen LogP contribution in [0.5, 0.6) is 0 Å². The number of fused-ring (bicyclic) bond motifs is 1. The van der Waals surface area contributed by atoms with Crippen LogP contribution in [0, 0.1) is 18.6 Å². The van der Waals surface area contributed by atoms with Crippen molar-refractivity contribution in [3.8, 4) is 11.4 Å². The number of nitrogens with zero attached hydrogens (tertiary/aromatic N) is 1. The van der Waals surface area contributed by atoms with Crippen molar-refractivity contribution in [1.29, 1.82) is 0 Å². The molecule has 3 rings (SSSR count). The average molecular weight is 244 g/mol. The minimum absolute atomic E-state index is 0.105. The summed E-state index contributed by atoms with van der Waals surface area (Å²) < 4.78 is 27.7. The summed E-state index contributed by atoms with van der Waals surface area (Å²) in [5.74, 6) is -0.971. The van der Waals surface area contributed by atoms with E-state index >= 15 is 0 Å². The van der Waals surface area contributed by atoms with Crippen LogP contribution in [0.15, 0.2) is 36.4 Å². The molecule has 0 aliphatic heterocycles. The molecular formula is C14H10F2N2. The van der Waals surface area contributed by atoms with Crippen molar-refractivity contribution >= 4 is 11.0 Å². The van der Waals surface area contributed by atoms with Crippen molar-refractivity contribution in [2.45, 2.75) is 6.92 Å². The van der Waals surface area contributed by atoms with Crippen LogP contribution in [0.4, 0.5) is 8.78 Å². The lowest BCUT2D eigenvalue weighted by Crippen LogP contribution is -1.94. The summed E-state index contributed by atoms with van der Waals surface area (Å²) in [5.41, 5.74) is 1.73. The van der Waals surface area contributed by atoms with Crippen LogP contribution >= 0.6 is 0 Å². The molecule has 0 aliphatic carbocycles. The van der Waals surface area contributed by atoms with Crippen LogP contribution in [0.3, 0.4) is 0 Å². The summed E-state index contributed by atoms with van der Waals surface area (Å²) in [6, 6.07) is 9.94. The van der Waals surface area contributed by atoms with Gasteiger partial charge in [-0.05, 0) is 30.7 Å². The van der Waals surface area contributed by atoms with Crippen molar-refractivity contribution < 1.29 is 8.78 Å². The third-order valence-corrected chi connectivity index (χ3v) is 2.91. The standard InChI is InChI=1S/C14H10F2N2/c1-8-6-7-9(15)12(13(8)16)14-17-10-4-2-3-5-11(10)18-14/h2-7H,1H3,(H,17,18). The Morgan fingerprint density at radius 1 is 1.06 bits per heavy atom. The molecule has 2 nitrogen and oxygen atoms in total. The SMILES string of the molecule is Cc1ccc(F)c(-c2nc3ccccc3[nH]2)c1F. The van der Waals surface area contributed by atoms with E-state index in [1.54, 1.807) is 13.0 Å². The molecule has 0 saturated carbocycles. The number of benzene rings is 2. The number of aromatic nitrogens is 2. The van der Waals surface area contributed by atoms with E-state index in [4.69, 9.17) is 0 Å². The second kappa shape index (κ2) is 3.91. The number of imidazole rings is 1. The largest absolute Gasteiger partial charge is 0.338 e. The van der Waals surface area contributed by atoms with E-state index in [2.05, 4.69) is 9.97 Å². The Kier molecular flexibility index (Phi) is 2.37. The number of hydrogen-bond donors (Lipinski definition) is 1. The highest BCUT2D eigenvalue weighted by Gasteiger charge is 2.16. The molecule has 3 aromatic rings. The highest BCUT2D eigenvalue weighted by atomic mass is 19.1. The van der Waals surface area contributed by atoms with Gasteiger partial charge in [0.05, 0.1) is 16.6 Å². The monoisotopic (exact) mass is 244 g/mol. The lowest BCUT2D eigenvalue weighted by Gasteiger charge is -2.03. The van der Waals surface area contributed by atoms with Crippen LogP contribution in [-0.2, 0) is 0 Å². The Bertz CT molecular complexity index is 699. The Hall–Kier alpha value is -2.23. The third kappa shape index (κ3) is 1.57. The third-order valence-electron chi connectivity index (χ3n) is 2.91. The van der Waals surface area contributed by atoms with Gasteiger partial charge in [0.1, 0.15) is 17.5 Å². The van der Waals surface area contributed by atoms with E-state index in [-0.39, 0.29) is 11.4 Å². The zero-order chi connectivity index (χ0) is 12.7. The Labute approximate surface area is 102 Å². The van der Waals surface area contributed by atoms with E-state index in [1.807, 2.05) is 18.2 Å². The van der Waals surface area contributed by atoms with Crippen molar-refractivity contribution in [3.05, 3.63) is 53.6 Å². The maximum atomic E-state index is 14.0. The van der Waals surface area contributed by atoms with Gasteiger partial charge in [-0.3, -0.25) is 0 Å². The molecule has 0 bridgehead atoms. The van der Waals surface area contributed by atoms with E-state index in [9.17, 15) is 8.78 Å². The van der Waals surface area contributed by atoms with E-state index in [0.717, 1.165) is 5.52 Å². The fraction of sp³-hybridized carbons (Fsp3) is 0.0714. The summed E-state index contributed by atoms with van der Waals surface area (Å²) in [6.07, 6.45) is 0. The molecule has 1 N–H and O–H groups in total. The second-order valence-electron chi connectivity index (χ2n) is 4.16. The summed E-state index contributed by atoms with van der Waals surface area (Å²) in [5, 5.41) is 0. The molecule has 18 heavy (non-hydrogen) atoms. The van der Waals surface area contributed by atoms with Gasteiger partial charge in [0.25, 0.3) is 0 Å². The Morgan fingerprint density at radius 3 is 2.61 bits per heavy atom. The number of rotatable bonds is 1. The molecule has 0 atom stereocenters. The van der Waals surface area contributed by atoms with E-state index in [1.165, 1.54) is 12.1 Å². The first-order chi connectivity index (χ1) is 8.66. The highest BCUT2D eigenvalue weighted by Crippen LogP contribution is 2.27. The lowest BCUT2D eigenvalue weighted by molar-refractivity contribution is 0.582. The zero-order valence-electron chi connectivity index (χ0n) is 9.67. The number of aromatic amines is 1. The minimum Gasteiger partial charge on any atom is -0.338 e. The molecule has 90 valence electrons. The van der Waals surface area contributed by atoms with Crippen LogP contribution in [-0.4, -0.2) is 9.97 Å². The fourth-order valence-electron chi connectivity index (χ4n) is 1.94. The number of H-pyrrole nitrogens is 1. The molecule has 0 saturated heterocycles. The first kappa shape index (κ1) is 10.9. The molecule has 0 amide bonds. The van der Waals surface area contributed by atoms with Crippen molar-refractivity contribution in [3.63, 3.8) is 0 Å². The van der Waals surface area contributed by atoms with Crippen LogP contribution < -0.4 is 0 Å². The van der Waals surface area contributed by atoms with Gasteiger partial charge in [-0.2, -0.15) is 0 Å². The van der Waals surface area contributed by atoms with Crippen LogP contribution in [0.25, 0.3) is 22.4 Å². The molecule has 0 unspecified atom stereocenters. The van der Waals surface area contributed by atoms with Gasteiger partial charge in [-0.25, -0.2) is 13.8 Å². The first-order valence-electron chi connectivity index (χ1n) is 5.56. The lowest BCUT2D eigenvalue weighted by atomic mass is 10.1. The average Bonchev–Trinajstić information content (AvgIpc) is 2.77. The molecule has 0 aliphatic rings. The Balaban J connectivity index is 2.29. The van der Waals surface area contributed by atoms with Crippen LogP contribution in [0.1, 0.15) is 5.56 Å². The van der Waals surface area contributed by atoms with Crippen molar-refractivity contribution in [2.75, 3.05) is 0 Å². The van der Waals surface area contributed by atoms with Gasteiger partial charge >= 0.3 is 0 Å². The summed E-state index contributed by atoms with van der Waals surface area (Å²) >= 11 is 0. The van der Waals surface area contributed by atoms with Crippen molar-refractivity contribution in [1.82, 2.24) is 9.97 Å². The fourth-order valence-corrected chi connectivity index (χ4v) is 1.94. The van der Waals surface area contributed by atoms with Gasteiger partial charge in [-0.15, -0.1) is 0 Å². The number of halogens is 2. The zero-order valence-corrected chi connectivity index (χ0v) is 9.67. The molecule has 0 fully saturated rings. The quantitative estimate of drug-likeness (QED) is 0.692. The topological polar surface area (TPSA) is 28.7 Å². The van der Waals surface area contributed by atoms with Gasteiger partial charge < -0.3 is 4.98 Å². The second-order valence-corrected chi connectivity index (χ2v) is 4.16. The predicted molar refractivity (Wildman–Crippen MR) is 66.2 cm³/mol. The maximum Gasteiger partial charge on any atom is 0.144 e. The van der Waals surface area contributed by atoms with Crippen molar-refractivity contribution in [2.24, 2.45) is 0 Å². The predicted octanol–water partition coefficient (Wildman–Crippen LogP) is 3.82. The number of hydrogen-bond acceptors (Lipinski definition) is 1. The van der Waals surface area contributed by atoms with Crippen LogP contribution in [0.2, 0.25) is 0 Å². The molecule has 2 aromatic carbocycles. The maximum absolute atomic E-state index is 14.0. The van der Waals surface area contributed by atoms with Gasteiger partial charge in [0.15, 0.2) is 0 Å². The molecule has 1 aromatic heterocycles. The number of aryl methyl sites for hydroxylation is 1. The first-order valence-corrected chi connectivity index (χ1v) is 5.56. The molecule has 4 heteroatoms. The molecular weight excluding hydrogens is 234 g/mol. The molecule has 0 spiro atoms. The minimum atomic E-state index is -0.614. The smallest absolute Gasteiger partial charge is 0.144 e. The Morgan fingerprint density at radius 2 is 1.83 bits per heavy atom. The summed E-state index contributed by atoms with van der Waals surface area (Å²) in [6.45, 7) is 1.60. The van der Waals surface area contributed by atoms with Gasteiger partial charge in [-0.1, -0.05) is 18.2 Å². The molecule has 1 heterocycles.